The highest BCUT2D eigenvalue weighted by atomic mass is 32.2. The van der Waals surface area contributed by atoms with E-state index in [0.717, 1.165) is 6.26 Å². The minimum atomic E-state index is -3.70. The minimum absolute atomic E-state index is 0.148. The largest absolute Gasteiger partial charge is 0.487 e. The van der Waals surface area contributed by atoms with Crippen molar-refractivity contribution < 1.29 is 18.1 Å². The summed E-state index contributed by atoms with van der Waals surface area (Å²) in [5.74, 6) is 0.633. The van der Waals surface area contributed by atoms with Gasteiger partial charge < -0.3 is 9.64 Å². The van der Waals surface area contributed by atoms with Crippen molar-refractivity contribution in [3.8, 4) is 5.75 Å². The lowest BCUT2D eigenvalue weighted by molar-refractivity contribution is -0.387. The monoisotopic (exact) mass is 363 g/mol. The van der Waals surface area contributed by atoms with Gasteiger partial charge in [-0.25, -0.2) is 8.42 Å². The maximum Gasteiger partial charge on any atom is 0.311 e. The fraction of sp³-hybridized carbons (Fsp3) is 0.312. The van der Waals surface area contributed by atoms with Crippen LogP contribution >= 0.6 is 0 Å². The van der Waals surface area contributed by atoms with Crippen molar-refractivity contribution in [1.29, 1.82) is 0 Å². The van der Waals surface area contributed by atoms with Crippen LogP contribution in [-0.4, -0.2) is 43.8 Å². The standard InChI is InChI=1S/C16H17N3O5S/c1-25(22,23)15-6-2-5-14(16(15)19(20)21)18-9-7-13(11-18)24-12-4-3-8-17-10-12/h2-6,8,10,13H,7,9,11H2,1H3. The van der Waals surface area contributed by atoms with Crippen molar-refractivity contribution in [3.63, 3.8) is 0 Å². The number of sulfone groups is 1. The number of nitrogens with zero attached hydrogens (tertiary/aromatic N) is 3. The first-order chi connectivity index (χ1) is 11.9. The van der Waals surface area contributed by atoms with E-state index in [1.807, 2.05) is 0 Å². The zero-order valence-electron chi connectivity index (χ0n) is 13.5. The van der Waals surface area contributed by atoms with E-state index in [9.17, 15) is 18.5 Å². The van der Waals surface area contributed by atoms with Crippen LogP contribution in [0.1, 0.15) is 6.42 Å². The Bertz CT molecular complexity index is 886. The number of nitro groups is 1. The van der Waals surface area contributed by atoms with Gasteiger partial charge in [-0.1, -0.05) is 6.07 Å². The molecule has 1 aliphatic rings. The third-order valence-electron chi connectivity index (χ3n) is 3.98. The molecule has 1 aromatic carbocycles. The molecule has 0 saturated carbocycles. The van der Waals surface area contributed by atoms with Gasteiger partial charge in [0.25, 0.3) is 0 Å². The lowest BCUT2D eigenvalue weighted by Gasteiger charge is -2.19. The van der Waals surface area contributed by atoms with Crippen LogP contribution < -0.4 is 9.64 Å². The van der Waals surface area contributed by atoms with E-state index in [2.05, 4.69) is 4.98 Å². The summed E-state index contributed by atoms with van der Waals surface area (Å²) < 4.78 is 29.6. The molecule has 1 saturated heterocycles. The Hall–Kier alpha value is -2.68. The summed E-state index contributed by atoms with van der Waals surface area (Å²) in [4.78, 5) is 16.4. The normalized spacial score (nSPS) is 17.5. The molecule has 1 aromatic heterocycles. The van der Waals surface area contributed by atoms with Crippen molar-refractivity contribution in [2.24, 2.45) is 0 Å². The first-order valence-corrected chi connectivity index (χ1v) is 9.54. The summed E-state index contributed by atoms with van der Waals surface area (Å²) in [5, 5.41) is 11.5. The molecular weight excluding hydrogens is 346 g/mol. The molecule has 1 fully saturated rings. The Balaban J connectivity index is 1.87. The molecule has 1 atom stereocenters. The summed E-state index contributed by atoms with van der Waals surface area (Å²) in [6.07, 6.45) is 4.75. The number of anilines is 1. The molecule has 1 unspecified atom stereocenters. The van der Waals surface area contributed by atoms with Gasteiger partial charge >= 0.3 is 5.69 Å². The number of aromatic nitrogens is 1. The van der Waals surface area contributed by atoms with Crippen LogP contribution in [0.2, 0.25) is 0 Å². The molecule has 0 N–H and O–H groups in total. The summed E-state index contributed by atoms with van der Waals surface area (Å²) in [7, 11) is -3.70. The second kappa shape index (κ2) is 6.67. The molecule has 8 nitrogen and oxygen atoms in total. The number of hydrogen-bond donors (Lipinski definition) is 0. The summed E-state index contributed by atoms with van der Waals surface area (Å²) in [6, 6.07) is 7.91. The predicted octanol–water partition coefficient (Wildman–Crippen LogP) is 2.05. The summed E-state index contributed by atoms with van der Waals surface area (Å²) >= 11 is 0. The molecule has 0 bridgehead atoms. The molecule has 0 radical (unpaired) electrons. The van der Waals surface area contributed by atoms with Crippen LogP contribution in [0.25, 0.3) is 0 Å². The number of rotatable bonds is 5. The average Bonchev–Trinajstić information content (AvgIpc) is 3.02. The summed E-state index contributed by atoms with van der Waals surface area (Å²) in [6.45, 7) is 0.974. The predicted molar refractivity (Wildman–Crippen MR) is 91.7 cm³/mol. The van der Waals surface area contributed by atoms with E-state index in [-0.39, 0.29) is 16.7 Å². The second-order valence-corrected chi connectivity index (χ2v) is 7.80. The molecule has 0 amide bonds. The fourth-order valence-corrected chi connectivity index (χ4v) is 3.76. The Labute approximate surface area is 145 Å². The van der Waals surface area contributed by atoms with Gasteiger partial charge in [-0.3, -0.25) is 15.1 Å². The zero-order chi connectivity index (χ0) is 18.0. The molecule has 25 heavy (non-hydrogen) atoms. The van der Waals surface area contributed by atoms with Crippen LogP contribution in [0.3, 0.4) is 0 Å². The highest BCUT2D eigenvalue weighted by Gasteiger charge is 2.33. The Morgan fingerprint density at radius 1 is 1.32 bits per heavy atom. The van der Waals surface area contributed by atoms with Gasteiger partial charge in [-0.2, -0.15) is 0 Å². The maximum atomic E-state index is 11.9. The summed E-state index contributed by atoms with van der Waals surface area (Å²) in [5.41, 5.74) is -0.0859. The maximum absolute atomic E-state index is 11.9. The van der Waals surface area contributed by atoms with E-state index in [4.69, 9.17) is 4.74 Å². The molecule has 3 rings (SSSR count). The Morgan fingerprint density at radius 2 is 2.12 bits per heavy atom. The van der Waals surface area contributed by atoms with Gasteiger partial charge in [-0.15, -0.1) is 0 Å². The van der Waals surface area contributed by atoms with Crippen LogP contribution in [-0.2, 0) is 9.84 Å². The van der Waals surface area contributed by atoms with Gasteiger partial charge in [-0.05, 0) is 24.3 Å². The lowest BCUT2D eigenvalue weighted by Crippen LogP contribution is -2.25. The van der Waals surface area contributed by atoms with E-state index in [1.54, 1.807) is 35.5 Å². The van der Waals surface area contributed by atoms with Gasteiger partial charge in [0.05, 0.1) is 17.7 Å². The third kappa shape index (κ3) is 3.71. The number of hydrogen-bond acceptors (Lipinski definition) is 7. The van der Waals surface area contributed by atoms with Crippen LogP contribution in [0, 0.1) is 10.1 Å². The quantitative estimate of drug-likeness (QED) is 0.591. The van der Waals surface area contributed by atoms with E-state index in [1.165, 1.54) is 12.1 Å². The molecule has 0 aliphatic carbocycles. The van der Waals surface area contributed by atoms with E-state index in [0.29, 0.717) is 30.9 Å². The fourth-order valence-electron chi connectivity index (χ4n) is 2.90. The van der Waals surface area contributed by atoms with Crippen LogP contribution in [0.15, 0.2) is 47.6 Å². The molecule has 132 valence electrons. The highest BCUT2D eigenvalue weighted by Crippen LogP contribution is 2.36. The zero-order valence-corrected chi connectivity index (χ0v) is 14.3. The molecule has 2 heterocycles. The highest BCUT2D eigenvalue weighted by molar-refractivity contribution is 7.90. The van der Waals surface area contributed by atoms with E-state index < -0.39 is 14.8 Å². The number of ether oxygens (including phenoxy) is 1. The first-order valence-electron chi connectivity index (χ1n) is 7.65. The van der Waals surface area contributed by atoms with Gasteiger partial charge in [0.1, 0.15) is 22.4 Å². The van der Waals surface area contributed by atoms with Gasteiger partial charge in [0.2, 0.25) is 0 Å². The second-order valence-electron chi connectivity index (χ2n) is 5.82. The van der Waals surface area contributed by atoms with Crippen molar-refractivity contribution >= 4 is 21.2 Å². The third-order valence-corrected chi connectivity index (χ3v) is 5.11. The molecule has 9 heteroatoms. The molecule has 1 aliphatic heterocycles. The number of para-hydroxylation sites is 1. The SMILES string of the molecule is CS(=O)(=O)c1cccc(N2CCC(Oc3cccnc3)C2)c1[N+](=O)[O-]. The minimum Gasteiger partial charge on any atom is -0.487 e. The van der Waals surface area contributed by atoms with Crippen molar-refractivity contribution in [2.75, 3.05) is 24.2 Å². The van der Waals surface area contributed by atoms with Gasteiger partial charge in [0, 0.05) is 25.4 Å². The van der Waals surface area contributed by atoms with Crippen molar-refractivity contribution in [1.82, 2.24) is 4.98 Å². The number of nitro benzene ring substituents is 1. The Kier molecular flexibility index (Phi) is 4.58. The number of pyridine rings is 1. The molecule has 2 aromatic rings. The number of benzene rings is 1. The van der Waals surface area contributed by atoms with Crippen molar-refractivity contribution in [2.45, 2.75) is 17.4 Å². The van der Waals surface area contributed by atoms with Crippen LogP contribution in [0.4, 0.5) is 11.4 Å². The topological polar surface area (TPSA) is 103 Å². The van der Waals surface area contributed by atoms with Crippen molar-refractivity contribution in [3.05, 3.63) is 52.8 Å². The Morgan fingerprint density at radius 3 is 2.76 bits per heavy atom. The average molecular weight is 363 g/mol. The molecular formula is C16H17N3O5S. The lowest BCUT2D eigenvalue weighted by atomic mass is 10.2. The molecule has 0 spiro atoms. The van der Waals surface area contributed by atoms with Crippen LogP contribution in [0.5, 0.6) is 5.75 Å². The van der Waals surface area contributed by atoms with E-state index >= 15 is 0 Å². The first kappa shape index (κ1) is 17.2. The van der Waals surface area contributed by atoms with Gasteiger partial charge in [0.15, 0.2) is 9.84 Å². The smallest absolute Gasteiger partial charge is 0.311 e.